The number of aromatic carboxylic acids is 1. The number of aryl methyl sites for hydroxylation is 1. The van der Waals surface area contributed by atoms with Gasteiger partial charge in [-0.1, -0.05) is 32.1 Å². The van der Waals surface area contributed by atoms with Gasteiger partial charge in [0.1, 0.15) is 5.82 Å². The summed E-state index contributed by atoms with van der Waals surface area (Å²) >= 11 is 0. The van der Waals surface area contributed by atoms with Crippen molar-refractivity contribution in [2.45, 2.75) is 38.5 Å². The van der Waals surface area contributed by atoms with Gasteiger partial charge in [0.15, 0.2) is 0 Å². The van der Waals surface area contributed by atoms with E-state index in [1.165, 1.54) is 32.1 Å². The molecule has 0 bridgehead atoms. The highest BCUT2D eigenvalue weighted by Gasteiger charge is 2.18. The number of nitrogens with zero attached hydrogens (tertiary/aromatic N) is 2. The highest BCUT2D eigenvalue weighted by Crippen LogP contribution is 2.27. The first-order chi connectivity index (χ1) is 9.65. The van der Waals surface area contributed by atoms with Crippen LogP contribution in [0.2, 0.25) is 0 Å². The number of hydrogen-bond acceptors (Lipinski definition) is 2. The van der Waals surface area contributed by atoms with Gasteiger partial charge >= 0.3 is 5.97 Å². The zero-order valence-corrected chi connectivity index (χ0v) is 11.8. The average Bonchev–Trinajstić information content (AvgIpc) is 2.76. The molecule has 1 N–H and O–H groups in total. The molecule has 2 aromatic rings. The van der Waals surface area contributed by atoms with Gasteiger partial charge in [-0.05, 0) is 24.1 Å². The fraction of sp³-hybridized carbons (Fsp3) is 0.500. The molecule has 20 heavy (non-hydrogen) atoms. The summed E-state index contributed by atoms with van der Waals surface area (Å²) in [6, 6.07) is 5.15. The van der Waals surface area contributed by atoms with Crippen molar-refractivity contribution < 1.29 is 9.90 Å². The second kappa shape index (κ2) is 5.27. The van der Waals surface area contributed by atoms with Crippen LogP contribution in [0.1, 0.15) is 48.3 Å². The van der Waals surface area contributed by atoms with Gasteiger partial charge in [0.25, 0.3) is 0 Å². The van der Waals surface area contributed by atoms with Gasteiger partial charge in [0.2, 0.25) is 0 Å². The minimum atomic E-state index is -0.887. The lowest BCUT2D eigenvalue weighted by molar-refractivity contribution is 0.0697. The zero-order valence-electron chi connectivity index (χ0n) is 11.8. The molecule has 0 radical (unpaired) electrons. The molecule has 106 valence electrons. The molecule has 1 aliphatic carbocycles. The Balaban J connectivity index is 1.91. The molecule has 0 amide bonds. The lowest BCUT2D eigenvalue weighted by atomic mass is 9.87. The third-order valence-electron chi connectivity index (χ3n) is 4.42. The van der Waals surface area contributed by atoms with Crippen LogP contribution in [0.4, 0.5) is 0 Å². The first-order valence-electron chi connectivity index (χ1n) is 7.34. The summed E-state index contributed by atoms with van der Waals surface area (Å²) < 4.78 is 2.05. The van der Waals surface area contributed by atoms with Gasteiger partial charge in [-0.25, -0.2) is 9.78 Å². The molecule has 1 fully saturated rings. The maximum atomic E-state index is 11.0. The van der Waals surface area contributed by atoms with Crippen molar-refractivity contribution in [3.63, 3.8) is 0 Å². The first-order valence-corrected chi connectivity index (χ1v) is 7.34. The summed E-state index contributed by atoms with van der Waals surface area (Å²) in [5.74, 6) is 0.926. The van der Waals surface area contributed by atoms with E-state index >= 15 is 0 Å². The number of hydrogen-bond donors (Lipinski definition) is 1. The maximum absolute atomic E-state index is 11.0. The van der Waals surface area contributed by atoms with Crippen molar-refractivity contribution in [3.8, 4) is 0 Å². The van der Waals surface area contributed by atoms with Gasteiger partial charge in [-0.2, -0.15) is 0 Å². The van der Waals surface area contributed by atoms with Crippen LogP contribution in [-0.4, -0.2) is 20.6 Å². The Morgan fingerprint density at radius 2 is 2.10 bits per heavy atom. The molecule has 0 aliphatic heterocycles. The number of fused-ring (bicyclic) bond motifs is 1. The number of carboxylic acid groups (broad SMARTS) is 1. The monoisotopic (exact) mass is 272 g/mol. The summed E-state index contributed by atoms with van der Waals surface area (Å²) in [7, 11) is 1.99. The summed E-state index contributed by atoms with van der Waals surface area (Å²) in [4.78, 5) is 15.7. The minimum Gasteiger partial charge on any atom is -0.478 e. The third-order valence-corrected chi connectivity index (χ3v) is 4.42. The summed E-state index contributed by atoms with van der Waals surface area (Å²) in [6.07, 6.45) is 7.62. The van der Waals surface area contributed by atoms with Crippen LogP contribution >= 0.6 is 0 Å². The van der Waals surface area contributed by atoms with Gasteiger partial charge in [0, 0.05) is 13.5 Å². The Morgan fingerprint density at radius 1 is 1.35 bits per heavy atom. The highest BCUT2D eigenvalue weighted by atomic mass is 16.4. The molecule has 4 heteroatoms. The quantitative estimate of drug-likeness (QED) is 0.931. The number of rotatable bonds is 3. The number of carboxylic acids is 1. The van der Waals surface area contributed by atoms with Crippen molar-refractivity contribution >= 4 is 17.0 Å². The Morgan fingerprint density at radius 3 is 2.80 bits per heavy atom. The first kappa shape index (κ1) is 13.2. The molecule has 1 saturated carbocycles. The molecule has 1 aromatic carbocycles. The molecule has 0 spiro atoms. The summed E-state index contributed by atoms with van der Waals surface area (Å²) in [6.45, 7) is 0. The van der Waals surface area contributed by atoms with Crippen LogP contribution in [0, 0.1) is 5.92 Å². The van der Waals surface area contributed by atoms with E-state index in [2.05, 4.69) is 9.55 Å². The lowest BCUT2D eigenvalue weighted by Crippen LogP contribution is -2.12. The molecule has 0 atom stereocenters. The fourth-order valence-corrected chi connectivity index (χ4v) is 3.20. The zero-order chi connectivity index (χ0) is 14.1. The summed E-state index contributed by atoms with van der Waals surface area (Å²) in [5.41, 5.74) is 2.13. The smallest absolute Gasteiger partial charge is 0.335 e. The van der Waals surface area contributed by atoms with Crippen LogP contribution in [0.3, 0.4) is 0 Å². The van der Waals surface area contributed by atoms with Crippen LogP contribution in [0.5, 0.6) is 0 Å². The highest BCUT2D eigenvalue weighted by molar-refractivity contribution is 5.92. The van der Waals surface area contributed by atoms with Gasteiger partial charge in [0.05, 0.1) is 16.6 Å². The molecule has 3 rings (SSSR count). The Bertz CT molecular complexity index is 639. The van der Waals surface area contributed by atoms with E-state index in [-0.39, 0.29) is 0 Å². The van der Waals surface area contributed by atoms with Crippen molar-refractivity contribution in [2.75, 3.05) is 0 Å². The van der Waals surface area contributed by atoms with E-state index in [1.54, 1.807) is 12.1 Å². The van der Waals surface area contributed by atoms with Crippen molar-refractivity contribution in [1.29, 1.82) is 0 Å². The summed E-state index contributed by atoms with van der Waals surface area (Å²) in [5, 5.41) is 9.07. The lowest BCUT2D eigenvalue weighted by Gasteiger charge is -2.20. The largest absolute Gasteiger partial charge is 0.478 e. The molecule has 1 heterocycles. The topological polar surface area (TPSA) is 55.1 Å². The van der Waals surface area contributed by atoms with Crippen molar-refractivity contribution in [3.05, 3.63) is 29.6 Å². The number of imidazole rings is 1. The molecule has 0 unspecified atom stereocenters. The maximum Gasteiger partial charge on any atom is 0.335 e. The standard InChI is InChI=1S/C16H20N2O2/c1-18-14-10-12(16(19)20)7-8-13(14)17-15(18)9-11-5-3-2-4-6-11/h7-8,10-11H,2-6,9H2,1H3,(H,19,20). The van der Waals surface area contributed by atoms with Crippen LogP contribution < -0.4 is 0 Å². The predicted octanol–water partition coefficient (Wildman–Crippen LogP) is 3.39. The third kappa shape index (κ3) is 2.42. The van der Waals surface area contributed by atoms with Crippen LogP contribution in [0.25, 0.3) is 11.0 Å². The van der Waals surface area contributed by atoms with E-state index in [0.717, 1.165) is 29.2 Å². The molecular weight excluding hydrogens is 252 g/mol. The molecule has 4 nitrogen and oxygen atoms in total. The molecule has 1 aromatic heterocycles. The normalized spacial score (nSPS) is 16.6. The Kier molecular flexibility index (Phi) is 3.47. The SMILES string of the molecule is Cn1c(CC2CCCCC2)nc2ccc(C(=O)O)cc21. The van der Waals surface area contributed by atoms with E-state index in [1.807, 2.05) is 13.1 Å². The minimum absolute atomic E-state index is 0.324. The van der Waals surface area contributed by atoms with E-state index in [4.69, 9.17) is 5.11 Å². The van der Waals surface area contributed by atoms with E-state index in [0.29, 0.717) is 5.56 Å². The van der Waals surface area contributed by atoms with Gasteiger partial charge < -0.3 is 9.67 Å². The second-order valence-electron chi connectivity index (χ2n) is 5.80. The number of benzene rings is 1. The number of carbonyl (C=O) groups is 1. The van der Waals surface area contributed by atoms with Gasteiger partial charge in [-0.3, -0.25) is 0 Å². The van der Waals surface area contributed by atoms with E-state index < -0.39 is 5.97 Å². The number of aromatic nitrogens is 2. The molecule has 1 aliphatic rings. The van der Waals surface area contributed by atoms with E-state index in [9.17, 15) is 4.79 Å². The average molecular weight is 272 g/mol. The Hall–Kier alpha value is -1.84. The van der Waals surface area contributed by atoms with Crippen molar-refractivity contribution in [2.24, 2.45) is 13.0 Å². The van der Waals surface area contributed by atoms with Crippen LogP contribution in [0.15, 0.2) is 18.2 Å². The van der Waals surface area contributed by atoms with Crippen molar-refractivity contribution in [1.82, 2.24) is 9.55 Å². The molecular formula is C16H20N2O2. The van der Waals surface area contributed by atoms with Crippen LogP contribution in [-0.2, 0) is 13.5 Å². The predicted molar refractivity (Wildman–Crippen MR) is 78.0 cm³/mol. The Labute approximate surface area is 118 Å². The fourth-order valence-electron chi connectivity index (χ4n) is 3.20. The second-order valence-corrected chi connectivity index (χ2v) is 5.80. The van der Waals surface area contributed by atoms with Gasteiger partial charge in [-0.15, -0.1) is 0 Å². The molecule has 0 saturated heterocycles.